The molecular weight excluding hydrogens is 527 g/mol. The first-order valence-electron chi connectivity index (χ1n) is 12.1. The smallest absolute Gasteiger partial charge is 0.433 e. The summed E-state index contributed by atoms with van der Waals surface area (Å²) in [6.07, 6.45) is -4.64. The predicted molar refractivity (Wildman–Crippen MR) is 141 cm³/mol. The number of oxazole rings is 1. The molecule has 3 aromatic heterocycles. The minimum Gasteiger partial charge on any atom is -0.496 e. The van der Waals surface area contributed by atoms with Crippen molar-refractivity contribution in [3.63, 3.8) is 0 Å². The van der Waals surface area contributed by atoms with E-state index in [1.165, 1.54) is 19.2 Å². The number of para-hydroxylation sites is 1. The number of benzene rings is 2. The van der Waals surface area contributed by atoms with Gasteiger partial charge < -0.3 is 24.9 Å². The number of pyridine rings is 2. The number of nitrogens with zero attached hydrogens (tertiary/aromatic N) is 3. The minimum atomic E-state index is -4.64. The number of alkyl halides is 3. The van der Waals surface area contributed by atoms with Crippen molar-refractivity contribution < 1.29 is 31.9 Å². The lowest BCUT2D eigenvalue weighted by molar-refractivity contribution is -0.140. The van der Waals surface area contributed by atoms with E-state index in [0.717, 1.165) is 11.5 Å². The van der Waals surface area contributed by atoms with E-state index in [1.807, 2.05) is 24.3 Å². The Hall–Kier alpha value is -4.71. The third-order valence-corrected chi connectivity index (χ3v) is 6.22. The first-order chi connectivity index (χ1) is 19.1. The van der Waals surface area contributed by atoms with E-state index >= 15 is 0 Å². The number of nitrogens with two attached hydrogens (primary N) is 1. The van der Waals surface area contributed by atoms with Crippen molar-refractivity contribution in [2.45, 2.75) is 25.7 Å². The Morgan fingerprint density at radius 1 is 1.00 bits per heavy atom. The van der Waals surface area contributed by atoms with Crippen LogP contribution in [0.3, 0.4) is 0 Å². The summed E-state index contributed by atoms with van der Waals surface area (Å²) < 4.78 is 56.5. The lowest BCUT2D eigenvalue weighted by Gasteiger charge is -2.11. The molecule has 5 aromatic rings. The molecule has 2 aromatic carbocycles. The van der Waals surface area contributed by atoms with E-state index in [-0.39, 0.29) is 35.2 Å². The third kappa shape index (κ3) is 5.00. The summed E-state index contributed by atoms with van der Waals surface area (Å²) in [6, 6.07) is 13.6. The lowest BCUT2D eigenvalue weighted by Crippen LogP contribution is -2.25. The molecule has 0 bridgehead atoms. The number of fused-ring (bicyclic) bond motifs is 2. The van der Waals surface area contributed by atoms with Gasteiger partial charge in [0.2, 0.25) is 5.89 Å². The summed E-state index contributed by atoms with van der Waals surface area (Å²) in [6.45, 7) is 1.69. The number of carbonyl (C=O) groups is 1. The van der Waals surface area contributed by atoms with Gasteiger partial charge in [0.15, 0.2) is 11.5 Å². The Morgan fingerprint density at radius 2 is 1.75 bits per heavy atom. The number of aromatic nitrogens is 3. The number of halogens is 3. The van der Waals surface area contributed by atoms with Crippen molar-refractivity contribution in [3.05, 3.63) is 77.4 Å². The Kier molecular flexibility index (Phi) is 7.03. The second-order valence-electron chi connectivity index (χ2n) is 8.94. The molecule has 3 N–H and O–H groups in total. The van der Waals surface area contributed by atoms with Crippen LogP contribution in [-0.2, 0) is 12.7 Å². The van der Waals surface area contributed by atoms with Gasteiger partial charge in [-0.2, -0.15) is 13.2 Å². The molecule has 0 saturated heterocycles. The lowest BCUT2D eigenvalue weighted by atomic mass is 10.1. The normalized spacial score (nSPS) is 12.5. The molecule has 0 radical (unpaired) electrons. The summed E-state index contributed by atoms with van der Waals surface area (Å²) in [7, 11) is 2.89. The number of hydrogen-bond acceptors (Lipinski definition) is 8. The molecule has 12 heteroatoms. The summed E-state index contributed by atoms with van der Waals surface area (Å²) >= 11 is 0. The van der Waals surface area contributed by atoms with Gasteiger partial charge in [0, 0.05) is 22.4 Å². The molecule has 9 nitrogen and oxygen atoms in total. The van der Waals surface area contributed by atoms with Gasteiger partial charge >= 0.3 is 6.18 Å². The van der Waals surface area contributed by atoms with Crippen LogP contribution >= 0.6 is 0 Å². The monoisotopic (exact) mass is 551 g/mol. The van der Waals surface area contributed by atoms with Crippen molar-refractivity contribution in [2.75, 3.05) is 14.2 Å². The molecule has 0 saturated carbocycles. The highest BCUT2D eigenvalue weighted by atomic mass is 19.4. The van der Waals surface area contributed by atoms with Crippen molar-refractivity contribution in [1.29, 1.82) is 0 Å². The Bertz CT molecular complexity index is 1730. The van der Waals surface area contributed by atoms with Crippen molar-refractivity contribution in [3.8, 4) is 23.0 Å². The van der Waals surface area contributed by atoms with Crippen LogP contribution in [0.25, 0.3) is 33.3 Å². The molecule has 3 heterocycles. The number of hydrogen-bond donors (Lipinski definition) is 2. The van der Waals surface area contributed by atoms with Gasteiger partial charge in [-0.1, -0.05) is 12.1 Å². The molecule has 40 heavy (non-hydrogen) atoms. The largest absolute Gasteiger partial charge is 0.496 e. The molecule has 0 spiro atoms. The number of methoxy groups -OCH3 is 2. The summed E-state index contributed by atoms with van der Waals surface area (Å²) in [5.74, 6) is 0.299. The maximum atomic E-state index is 13.3. The van der Waals surface area contributed by atoms with Crippen LogP contribution in [0.5, 0.6) is 11.5 Å². The Morgan fingerprint density at radius 3 is 2.45 bits per heavy atom. The van der Waals surface area contributed by atoms with Crippen LogP contribution in [-0.4, -0.2) is 35.1 Å². The molecule has 5 rings (SSSR count). The molecular formula is C28H24F3N5O4. The molecule has 0 unspecified atom stereocenters. The fourth-order valence-electron chi connectivity index (χ4n) is 4.33. The summed E-state index contributed by atoms with van der Waals surface area (Å²) in [5.41, 5.74) is 6.51. The zero-order chi connectivity index (χ0) is 28.6. The first-order valence-corrected chi connectivity index (χ1v) is 12.1. The fraction of sp³-hybridized carbons (Fsp3) is 0.214. The van der Waals surface area contributed by atoms with Crippen LogP contribution in [0.4, 0.5) is 13.2 Å². The number of nitrogens with one attached hydrogen (secondary N) is 1. The van der Waals surface area contributed by atoms with Crippen molar-refractivity contribution >= 4 is 27.7 Å². The van der Waals surface area contributed by atoms with Crippen molar-refractivity contribution in [1.82, 2.24) is 20.3 Å². The molecule has 0 fully saturated rings. The highest BCUT2D eigenvalue weighted by Gasteiger charge is 2.33. The van der Waals surface area contributed by atoms with Gasteiger partial charge in [-0.15, -0.1) is 0 Å². The van der Waals surface area contributed by atoms with Crippen LogP contribution < -0.4 is 20.5 Å². The molecule has 1 amide bonds. The zero-order valence-corrected chi connectivity index (χ0v) is 21.7. The third-order valence-electron chi connectivity index (χ3n) is 6.22. The highest BCUT2D eigenvalue weighted by Crippen LogP contribution is 2.37. The van der Waals surface area contributed by atoms with Gasteiger partial charge in [-0.05, 0) is 43.3 Å². The van der Waals surface area contributed by atoms with Crippen LogP contribution in [0.2, 0.25) is 0 Å². The van der Waals surface area contributed by atoms with Gasteiger partial charge in [0.25, 0.3) is 5.91 Å². The van der Waals surface area contributed by atoms with Gasteiger partial charge in [-0.3, -0.25) is 9.78 Å². The van der Waals surface area contributed by atoms with Crippen LogP contribution in [0.1, 0.15) is 40.6 Å². The number of amides is 1. The first kappa shape index (κ1) is 26.9. The summed E-state index contributed by atoms with van der Waals surface area (Å²) in [4.78, 5) is 25.9. The Balaban J connectivity index is 1.50. The molecule has 0 aliphatic heterocycles. The predicted octanol–water partition coefficient (Wildman–Crippen LogP) is 5.42. The van der Waals surface area contributed by atoms with E-state index < -0.39 is 23.8 Å². The quantitative estimate of drug-likeness (QED) is 0.275. The number of carbonyl (C=O) groups excluding carboxylic acids is 1. The zero-order valence-electron chi connectivity index (χ0n) is 21.7. The maximum Gasteiger partial charge on any atom is 0.433 e. The average molecular weight is 552 g/mol. The van der Waals surface area contributed by atoms with Crippen LogP contribution in [0, 0.1) is 0 Å². The second kappa shape index (κ2) is 10.5. The number of rotatable bonds is 7. The van der Waals surface area contributed by atoms with E-state index in [1.54, 1.807) is 26.2 Å². The standard InChI is InChI=1S/C28H24F3N5O4/c1-14(32)25-24(26(37)33-13-15-12-21(39-3)18-6-4-5-7-19(18)34-15)36-27(40-25)17-8-10-20(38-2)23-16(17)9-11-22(35-23)28(29,30)31/h4-12,14H,13,32H2,1-3H3,(H,33,37)/t14-/m0/s1. The van der Waals surface area contributed by atoms with Crippen molar-refractivity contribution in [2.24, 2.45) is 5.73 Å². The molecule has 1 atom stereocenters. The van der Waals surface area contributed by atoms with E-state index in [0.29, 0.717) is 27.9 Å². The van der Waals surface area contributed by atoms with Gasteiger partial charge in [0.1, 0.15) is 22.7 Å². The topological polar surface area (TPSA) is 125 Å². The maximum absolute atomic E-state index is 13.3. The molecule has 206 valence electrons. The second-order valence-corrected chi connectivity index (χ2v) is 8.94. The molecule has 0 aliphatic rings. The van der Waals surface area contributed by atoms with Gasteiger partial charge in [-0.25, -0.2) is 9.97 Å². The SMILES string of the molecule is COc1cc(CNC(=O)c2nc(-c3ccc(OC)c4nc(C(F)(F)F)ccc34)oc2[C@H](C)N)nc2ccccc12. The highest BCUT2D eigenvalue weighted by molar-refractivity contribution is 5.98. The van der Waals surface area contributed by atoms with E-state index in [9.17, 15) is 18.0 Å². The fourth-order valence-corrected chi connectivity index (χ4v) is 4.33. The van der Waals surface area contributed by atoms with E-state index in [2.05, 4.69) is 20.3 Å². The average Bonchev–Trinajstić information content (AvgIpc) is 3.40. The van der Waals surface area contributed by atoms with Gasteiger partial charge in [0.05, 0.1) is 38.0 Å². The van der Waals surface area contributed by atoms with Crippen LogP contribution in [0.15, 0.2) is 59.0 Å². The van der Waals surface area contributed by atoms with E-state index in [4.69, 9.17) is 19.6 Å². The Labute approximate surface area is 226 Å². The molecule has 0 aliphatic carbocycles. The summed E-state index contributed by atoms with van der Waals surface area (Å²) in [5, 5.41) is 3.91. The minimum absolute atomic E-state index is 0.00263. The number of ether oxygens (including phenoxy) is 2.